The van der Waals surface area contributed by atoms with Crippen molar-refractivity contribution in [1.29, 1.82) is 0 Å². The average molecular weight is 1370 g/mol. The number of rotatable bonds is 37. The van der Waals surface area contributed by atoms with Crippen molar-refractivity contribution < 1.29 is 95.7 Å². The number of hydrogen-bond acceptors (Lipinski definition) is 24. The van der Waals surface area contributed by atoms with Crippen LogP contribution in [0, 0.1) is 5.92 Å². The minimum absolute atomic E-state index is 0.0334. The number of oxime groups is 1. The van der Waals surface area contributed by atoms with E-state index in [2.05, 4.69) is 15.8 Å². The minimum atomic E-state index is -1.90. The summed E-state index contributed by atoms with van der Waals surface area (Å²) < 4.78 is 51.1. The predicted octanol–water partition coefficient (Wildman–Crippen LogP) is 4.75. The SMILES string of the molecule is COc1cc2cc(c1Cl)N(C)C(=O)C[C@@H](OC(=O)[C@@H](C)N(C)C(=O)CCSC1CC(=O)N(CCCC(=O)COCCOCCNC(=O)COCCOCCCC(=O)CON=C(CSC)CSC)C1=O)[C@@]1(C)O[C@@H]1C(C)[C@H]1C[C@](O)(NC(=O)O1)[C@@H](OC)/C=C/C=C(\C)C2. The number of carbonyl (C=O) groups excluding carboxylic acids is 9. The Morgan fingerprint density at radius 3 is 2.28 bits per heavy atom. The number of hydrogen-bond donors (Lipinski definition) is 3. The fraction of sp³-hybridized carbons (Fsp3) is 0.677. The van der Waals surface area contributed by atoms with Crippen LogP contribution in [0.5, 0.6) is 5.75 Å². The van der Waals surface area contributed by atoms with Crippen LogP contribution < -0.4 is 20.3 Å². The molecule has 514 valence electrons. The molecule has 4 heterocycles. The molecule has 0 spiro atoms. The third-order valence-electron chi connectivity index (χ3n) is 15.8. The quantitative estimate of drug-likeness (QED) is 0.0202. The zero-order valence-corrected chi connectivity index (χ0v) is 57.5. The maximum atomic E-state index is 14.4. The summed E-state index contributed by atoms with van der Waals surface area (Å²) in [7, 11) is 5.83. The van der Waals surface area contributed by atoms with Crippen molar-refractivity contribution in [2.75, 3.05) is 136 Å². The number of nitrogens with one attached hydrogen (secondary N) is 2. The number of ether oxygens (including phenoxy) is 9. The summed E-state index contributed by atoms with van der Waals surface area (Å²) in [6.45, 7) is 7.99. The van der Waals surface area contributed by atoms with Gasteiger partial charge in [0.05, 0.1) is 69.3 Å². The number of alkyl carbamates (subject to hydrolysis) is 1. The van der Waals surface area contributed by atoms with E-state index >= 15 is 0 Å². The van der Waals surface area contributed by atoms with Gasteiger partial charge in [-0.25, -0.2) is 9.59 Å². The van der Waals surface area contributed by atoms with E-state index < -0.39 is 95.1 Å². The summed E-state index contributed by atoms with van der Waals surface area (Å²) in [5, 5.41) is 20.5. The Morgan fingerprint density at radius 2 is 1.59 bits per heavy atom. The van der Waals surface area contributed by atoms with Crippen LogP contribution >= 0.6 is 46.9 Å². The van der Waals surface area contributed by atoms with E-state index in [9.17, 15) is 48.3 Å². The number of likely N-dealkylation sites (N-methyl/N-ethyl adjacent to an activating group) is 1. The van der Waals surface area contributed by atoms with Crippen molar-refractivity contribution in [3.05, 3.63) is 46.5 Å². The summed E-state index contributed by atoms with van der Waals surface area (Å²) in [5.41, 5.74) is -0.364. The molecule has 4 aliphatic rings. The molecule has 0 aromatic heterocycles. The van der Waals surface area contributed by atoms with Gasteiger partial charge in [-0.2, -0.15) is 23.5 Å². The topological polar surface area (TPSA) is 316 Å². The van der Waals surface area contributed by atoms with Gasteiger partial charge in [-0.1, -0.05) is 47.5 Å². The summed E-state index contributed by atoms with van der Waals surface area (Å²) in [6.07, 6.45) is 5.12. The summed E-state index contributed by atoms with van der Waals surface area (Å²) in [5.74, 6) is -1.91. The lowest BCUT2D eigenvalue weighted by Gasteiger charge is -2.42. The first-order valence-corrected chi connectivity index (χ1v) is 34.7. The number of halogens is 1. The molecule has 9 atom stereocenters. The fourth-order valence-electron chi connectivity index (χ4n) is 10.4. The molecule has 0 saturated carbocycles. The molecule has 4 bridgehead atoms. The first-order chi connectivity index (χ1) is 43.9. The number of nitrogens with zero attached hydrogens (tertiary/aromatic N) is 4. The highest BCUT2D eigenvalue weighted by molar-refractivity contribution is 8.01. The van der Waals surface area contributed by atoms with Crippen LogP contribution in [0.2, 0.25) is 5.02 Å². The highest BCUT2D eigenvalue weighted by atomic mass is 35.5. The predicted molar refractivity (Wildman–Crippen MR) is 348 cm³/mol. The Morgan fingerprint density at radius 1 is 0.913 bits per heavy atom. The van der Waals surface area contributed by atoms with Crippen LogP contribution in [0.25, 0.3) is 0 Å². The molecular weight excluding hydrogens is 1280 g/mol. The Bertz CT molecular complexity index is 2790. The number of amides is 6. The fourth-order valence-corrected chi connectivity index (χ4v) is 12.9. The van der Waals surface area contributed by atoms with Gasteiger partial charge in [-0.3, -0.25) is 43.8 Å². The number of benzene rings is 1. The molecule has 92 heavy (non-hydrogen) atoms. The number of likely N-dealkylation sites (tertiary alicyclic amines) is 1. The van der Waals surface area contributed by atoms with Gasteiger partial charge in [0, 0.05) is 96.2 Å². The number of aliphatic hydroxyl groups is 1. The molecular formula is C62H91ClN6O20S3. The number of methoxy groups -OCH3 is 2. The lowest BCUT2D eigenvalue weighted by atomic mass is 9.83. The van der Waals surface area contributed by atoms with Crippen LogP contribution in [-0.4, -0.2) is 251 Å². The van der Waals surface area contributed by atoms with Crippen LogP contribution in [0.3, 0.4) is 0 Å². The van der Waals surface area contributed by atoms with Gasteiger partial charge in [0.25, 0.3) is 0 Å². The van der Waals surface area contributed by atoms with E-state index in [-0.39, 0.29) is 126 Å². The van der Waals surface area contributed by atoms with E-state index in [1.807, 2.05) is 25.5 Å². The number of fused-ring (bicyclic) bond motifs is 5. The lowest BCUT2D eigenvalue weighted by Crippen LogP contribution is -2.63. The molecule has 3 saturated heterocycles. The van der Waals surface area contributed by atoms with Crippen LogP contribution in [-0.2, 0) is 87.5 Å². The molecule has 1 aromatic rings. The lowest BCUT2D eigenvalue weighted by molar-refractivity contribution is -0.162. The van der Waals surface area contributed by atoms with E-state index in [4.69, 9.17) is 59.1 Å². The molecule has 5 rings (SSSR count). The third-order valence-corrected chi connectivity index (χ3v) is 18.6. The zero-order chi connectivity index (χ0) is 67.5. The minimum Gasteiger partial charge on any atom is -0.495 e. The number of anilines is 1. The Balaban J connectivity index is 0.997. The second-order valence-corrected chi connectivity index (χ2v) is 26.3. The van der Waals surface area contributed by atoms with Crippen molar-refractivity contribution >= 4 is 111 Å². The molecule has 6 amide bonds. The number of imide groups is 1. The number of carbonyl (C=O) groups is 9. The van der Waals surface area contributed by atoms with Crippen molar-refractivity contribution in [2.45, 2.75) is 133 Å². The largest absolute Gasteiger partial charge is 0.495 e. The van der Waals surface area contributed by atoms with Crippen molar-refractivity contribution in [3.63, 3.8) is 0 Å². The van der Waals surface area contributed by atoms with Gasteiger partial charge in [-0.15, -0.1) is 11.8 Å². The molecule has 3 N–H and O–H groups in total. The normalized spacial score (nSPS) is 24.5. The first kappa shape index (κ1) is 77.4. The smallest absolute Gasteiger partial charge is 0.409 e. The Labute approximate surface area is 556 Å². The maximum Gasteiger partial charge on any atom is 0.409 e. The molecule has 30 heteroatoms. The monoisotopic (exact) mass is 1370 g/mol. The van der Waals surface area contributed by atoms with Gasteiger partial charge >= 0.3 is 12.1 Å². The van der Waals surface area contributed by atoms with Gasteiger partial charge in [0.2, 0.25) is 29.5 Å². The summed E-state index contributed by atoms with van der Waals surface area (Å²) in [4.78, 5) is 127. The van der Waals surface area contributed by atoms with Crippen molar-refractivity contribution in [1.82, 2.24) is 20.4 Å². The summed E-state index contributed by atoms with van der Waals surface area (Å²) >= 11 is 11.3. The molecule has 0 radical (unpaired) electrons. The van der Waals surface area contributed by atoms with Gasteiger partial charge in [0.1, 0.15) is 53.9 Å². The first-order valence-electron chi connectivity index (χ1n) is 30.5. The maximum absolute atomic E-state index is 14.4. The second-order valence-electron chi connectivity index (χ2n) is 22.9. The summed E-state index contributed by atoms with van der Waals surface area (Å²) in [6, 6.07) is 2.34. The molecule has 2 unspecified atom stereocenters. The number of thioether (sulfide) groups is 3. The van der Waals surface area contributed by atoms with Crippen molar-refractivity contribution in [3.8, 4) is 5.75 Å². The molecule has 4 aliphatic heterocycles. The van der Waals surface area contributed by atoms with E-state index in [0.717, 1.165) is 45.0 Å². The van der Waals surface area contributed by atoms with Crippen molar-refractivity contribution in [2.24, 2.45) is 11.1 Å². The van der Waals surface area contributed by atoms with Crippen LogP contribution in [0.1, 0.15) is 84.6 Å². The number of epoxide rings is 1. The average Bonchev–Trinajstić information content (AvgIpc) is 1.56. The van der Waals surface area contributed by atoms with E-state index in [0.29, 0.717) is 37.3 Å². The van der Waals surface area contributed by atoms with E-state index in [1.54, 1.807) is 61.7 Å². The number of Topliss-reactive ketones (excluding diaryl/α,β-unsaturated/α-hetero) is 2. The third kappa shape index (κ3) is 23.8. The highest BCUT2D eigenvalue weighted by Gasteiger charge is 2.64. The number of esters is 1. The van der Waals surface area contributed by atoms with Gasteiger partial charge in [-0.05, 0) is 70.2 Å². The second kappa shape index (κ2) is 38.9. The molecule has 1 aromatic carbocycles. The van der Waals surface area contributed by atoms with Gasteiger partial charge < -0.3 is 67.7 Å². The van der Waals surface area contributed by atoms with Gasteiger partial charge in [0.15, 0.2) is 23.9 Å². The standard InChI is InChI=1S/C62H91ClN6O20S3/c1-39-14-11-17-50(81-8)62(79)33-48(87-60(78)65-62)40(2)57-61(4,89-57)51(32-54(74)68(6)46-29-42(28-39)30-47(80-7)56(46)63)88-59(77)41(3)67(5)53(73)18-27-92-49-31-55(75)69(58(49)76)20-12-15-44(70)34-84-25-24-83-22-19-64-52(72)36-85-26-23-82-21-13-16-45(71)35-86-66-43(37-90-9)38-91-10/h11,14,17,29-30,40-41,48-51,57,79H,12-13,15-16,18-28,31-38H2,1-10H3,(H,64,72)(H,65,78)/b17-11+,39-14+/t40?,41-,48-,49?,50+,51-,57-,61-,62-/m1/s1. The number of ketones is 2. The highest BCUT2D eigenvalue weighted by Crippen LogP contribution is 2.49. The zero-order valence-electron chi connectivity index (χ0n) is 54.3. The Kier molecular flexibility index (Phi) is 32.7. The van der Waals surface area contributed by atoms with Crippen LogP contribution in [0.15, 0.2) is 41.1 Å². The molecule has 3 fully saturated rings. The van der Waals surface area contributed by atoms with E-state index in [1.165, 1.54) is 45.0 Å². The van der Waals surface area contributed by atoms with Crippen LogP contribution in [0.4, 0.5) is 10.5 Å². The Hall–Kier alpha value is -5.34. The molecule has 26 nitrogen and oxygen atoms in total. The molecule has 0 aliphatic carbocycles. The number of allylic oxidation sites excluding steroid dienone is 3.